The molecule has 1 unspecified atom stereocenters. The number of benzene rings is 1. The van der Waals surface area contributed by atoms with Gasteiger partial charge in [-0.05, 0) is 56.6 Å². The summed E-state index contributed by atoms with van der Waals surface area (Å²) in [4.78, 5) is 20.8. The van der Waals surface area contributed by atoms with Crippen molar-refractivity contribution in [2.45, 2.75) is 39.0 Å². The van der Waals surface area contributed by atoms with Crippen LogP contribution in [0.2, 0.25) is 5.02 Å². The molecule has 1 aliphatic heterocycles. The van der Waals surface area contributed by atoms with Crippen LogP contribution in [0.15, 0.2) is 24.3 Å². The number of hydrogen-bond acceptors (Lipinski definition) is 4. The molecule has 0 amide bonds. The van der Waals surface area contributed by atoms with Crippen molar-refractivity contribution in [1.82, 2.24) is 4.90 Å². The summed E-state index contributed by atoms with van der Waals surface area (Å²) in [6.07, 6.45) is 6.58. The van der Waals surface area contributed by atoms with E-state index in [1.54, 1.807) is 0 Å². The predicted molar refractivity (Wildman–Crippen MR) is 101 cm³/mol. The fraction of sp³-hybridized carbons (Fsp3) is 0.579. The average Bonchev–Trinajstić information content (AvgIpc) is 2.62. The maximum atomic E-state index is 9.10. The lowest BCUT2D eigenvalue weighted by atomic mass is 9.98. The third kappa shape index (κ3) is 9.63. The number of aliphatic carboxylic acids is 2. The van der Waals surface area contributed by atoms with Crippen LogP contribution in [0.4, 0.5) is 0 Å². The van der Waals surface area contributed by atoms with Gasteiger partial charge in [0.2, 0.25) is 0 Å². The highest BCUT2D eigenvalue weighted by Crippen LogP contribution is 2.20. The van der Waals surface area contributed by atoms with Crippen LogP contribution in [-0.4, -0.2) is 53.3 Å². The van der Waals surface area contributed by atoms with Gasteiger partial charge in [0.1, 0.15) is 5.75 Å². The highest BCUT2D eigenvalue weighted by Gasteiger charge is 2.19. The zero-order chi connectivity index (χ0) is 19.4. The molecule has 2 rings (SSSR count). The van der Waals surface area contributed by atoms with Crippen molar-refractivity contribution in [3.05, 3.63) is 29.3 Å². The minimum Gasteiger partial charge on any atom is -0.493 e. The van der Waals surface area contributed by atoms with Crippen LogP contribution in [0, 0.1) is 5.92 Å². The number of nitrogens with zero attached hydrogens (tertiary/aromatic N) is 1. The SMILES string of the molecule is CCCCCN1CCCC(COc2ccc(Cl)cc2)C1.O=C(O)C(=O)O. The number of piperidine rings is 1. The zero-order valence-corrected chi connectivity index (χ0v) is 16.0. The monoisotopic (exact) mass is 385 g/mol. The second kappa shape index (κ2) is 12.5. The number of unbranched alkanes of at least 4 members (excludes halogenated alkanes) is 2. The Morgan fingerprint density at radius 2 is 1.85 bits per heavy atom. The normalized spacial score (nSPS) is 17.1. The van der Waals surface area contributed by atoms with E-state index < -0.39 is 11.9 Å². The third-order valence-electron chi connectivity index (χ3n) is 4.16. The molecule has 146 valence electrons. The first kappa shape index (κ1) is 22.3. The molecule has 26 heavy (non-hydrogen) atoms. The quantitative estimate of drug-likeness (QED) is 0.548. The maximum absolute atomic E-state index is 9.10. The molecule has 0 aliphatic carbocycles. The van der Waals surface area contributed by atoms with Crippen molar-refractivity contribution in [2.24, 2.45) is 5.92 Å². The summed E-state index contributed by atoms with van der Waals surface area (Å²) in [5.41, 5.74) is 0. The summed E-state index contributed by atoms with van der Waals surface area (Å²) in [7, 11) is 0. The largest absolute Gasteiger partial charge is 0.493 e. The molecule has 0 aromatic heterocycles. The van der Waals surface area contributed by atoms with Crippen LogP contribution < -0.4 is 4.74 Å². The van der Waals surface area contributed by atoms with E-state index in [4.69, 9.17) is 36.1 Å². The first-order valence-electron chi connectivity index (χ1n) is 8.99. The number of likely N-dealkylation sites (tertiary alicyclic amines) is 1. The van der Waals surface area contributed by atoms with Gasteiger partial charge < -0.3 is 19.8 Å². The molecule has 0 spiro atoms. The fourth-order valence-electron chi connectivity index (χ4n) is 2.82. The molecule has 0 saturated carbocycles. The van der Waals surface area contributed by atoms with E-state index in [0.29, 0.717) is 5.92 Å². The minimum atomic E-state index is -1.82. The Hall–Kier alpha value is -1.79. The molecule has 6 nitrogen and oxygen atoms in total. The molecule has 1 fully saturated rings. The molecule has 1 heterocycles. The maximum Gasteiger partial charge on any atom is 0.414 e. The van der Waals surface area contributed by atoms with E-state index in [0.717, 1.165) is 17.4 Å². The molecule has 7 heteroatoms. The number of carboxylic acid groups (broad SMARTS) is 2. The van der Waals surface area contributed by atoms with E-state index in [1.165, 1.54) is 51.7 Å². The molecule has 1 aliphatic rings. The summed E-state index contributed by atoms with van der Waals surface area (Å²) in [5.74, 6) is -2.05. The van der Waals surface area contributed by atoms with E-state index in [-0.39, 0.29) is 0 Å². The summed E-state index contributed by atoms with van der Waals surface area (Å²) in [5, 5.41) is 15.5. The average molecular weight is 386 g/mol. The minimum absolute atomic E-state index is 0.668. The lowest BCUT2D eigenvalue weighted by Crippen LogP contribution is -2.38. The van der Waals surface area contributed by atoms with Gasteiger partial charge in [0.25, 0.3) is 0 Å². The van der Waals surface area contributed by atoms with E-state index in [1.807, 2.05) is 24.3 Å². The fourth-order valence-corrected chi connectivity index (χ4v) is 2.95. The van der Waals surface area contributed by atoms with E-state index in [9.17, 15) is 0 Å². The lowest BCUT2D eigenvalue weighted by molar-refractivity contribution is -0.159. The van der Waals surface area contributed by atoms with Crippen molar-refractivity contribution in [2.75, 3.05) is 26.2 Å². The summed E-state index contributed by atoms with van der Waals surface area (Å²) in [6.45, 7) is 6.80. The van der Waals surface area contributed by atoms with Crippen molar-refractivity contribution in [3.63, 3.8) is 0 Å². The van der Waals surface area contributed by atoms with Gasteiger partial charge in [-0.2, -0.15) is 0 Å². The number of rotatable bonds is 7. The standard InChI is InChI=1S/C17H26ClNO.C2H2O4/c1-2-3-4-11-19-12-5-6-15(13-19)14-20-17-9-7-16(18)8-10-17;3-1(4)2(5)6/h7-10,15H,2-6,11-14H2,1H3;(H,3,4)(H,5,6). The van der Waals surface area contributed by atoms with Crippen LogP contribution in [0.3, 0.4) is 0 Å². The Labute approximate surface area is 159 Å². The number of carboxylic acids is 2. The highest BCUT2D eigenvalue weighted by molar-refractivity contribution is 6.30. The summed E-state index contributed by atoms with van der Waals surface area (Å²) < 4.78 is 5.89. The summed E-state index contributed by atoms with van der Waals surface area (Å²) >= 11 is 5.88. The molecular weight excluding hydrogens is 358 g/mol. The molecular formula is C19H28ClNO5. The molecule has 2 N–H and O–H groups in total. The van der Waals surface area contributed by atoms with Gasteiger partial charge in [0.15, 0.2) is 0 Å². The van der Waals surface area contributed by atoms with Crippen molar-refractivity contribution in [3.8, 4) is 5.75 Å². The van der Waals surface area contributed by atoms with Gasteiger partial charge in [0.05, 0.1) is 6.61 Å². The van der Waals surface area contributed by atoms with Crippen LogP contribution in [0.5, 0.6) is 5.75 Å². The van der Waals surface area contributed by atoms with Crippen LogP contribution >= 0.6 is 11.6 Å². The molecule has 0 radical (unpaired) electrons. The van der Waals surface area contributed by atoms with Gasteiger partial charge in [-0.3, -0.25) is 0 Å². The Kier molecular flexibility index (Phi) is 10.7. The first-order valence-corrected chi connectivity index (χ1v) is 9.37. The van der Waals surface area contributed by atoms with Gasteiger partial charge >= 0.3 is 11.9 Å². The Morgan fingerprint density at radius 1 is 1.19 bits per heavy atom. The molecule has 1 atom stereocenters. The van der Waals surface area contributed by atoms with Crippen LogP contribution in [0.25, 0.3) is 0 Å². The molecule has 1 aromatic rings. The molecule has 1 saturated heterocycles. The topological polar surface area (TPSA) is 87.1 Å². The second-order valence-electron chi connectivity index (χ2n) is 6.39. The molecule has 1 aromatic carbocycles. The van der Waals surface area contributed by atoms with Gasteiger partial charge in [0, 0.05) is 17.5 Å². The van der Waals surface area contributed by atoms with Crippen molar-refractivity contribution < 1.29 is 24.5 Å². The molecule has 0 bridgehead atoms. The van der Waals surface area contributed by atoms with Crippen molar-refractivity contribution >= 4 is 23.5 Å². The number of ether oxygens (including phenoxy) is 1. The number of halogens is 1. The Balaban J connectivity index is 0.000000487. The zero-order valence-electron chi connectivity index (χ0n) is 15.2. The van der Waals surface area contributed by atoms with E-state index in [2.05, 4.69) is 11.8 Å². The Morgan fingerprint density at radius 3 is 2.42 bits per heavy atom. The van der Waals surface area contributed by atoms with Gasteiger partial charge in [-0.15, -0.1) is 0 Å². The van der Waals surface area contributed by atoms with Gasteiger partial charge in [-0.25, -0.2) is 9.59 Å². The lowest BCUT2D eigenvalue weighted by Gasteiger charge is -2.32. The summed E-state index contributed by atoms with van der Waals surface area (Å²) in [6, 6.07) is 7.66. The van der Waals surface area contributed by atoms with Crippen LogP contribution in [0.1, 0.15) is 39.0 Å². The third-order valence-corrected chi connectivity index (χ3v) is 4.42. The highest BCUT2D eigenvalue weighted by atomic mass is 35.5. The van der Waals surface area contributed by atoms with Crippen molar-refractivity contribution in [1.29, 1.82) is 0 Å². The Bertz CT molecular complexity index is 537. The second-order valence-corrected chi connectivity index (χ2v) is 6.83. The van der Waals surface area contributed by atoms with E-state index >= 15 is 0 Å². The predicted octanol–water partition coefficient (Wildman–Crippen LogP) is 3.78. The first-order chi connectivity index (χ1) is 12.4. The number of hydrogen-bond donors (Lipinski definition) is 2. The van der Waals surface area contributed by atoms with Gasteiger partial charge in [-0.1, -0.05) is 31.4 Å². The number of carbonyl (C=O) groups is 2. The smallest absolute Gasteiger partial charge is 0.414 e. The van der Waals surface area contributed by atoms with Crippen LogP contribution in [-0.2, 0) is 9.59 Å².